The molecule has 2 aromatic carbocycles. The molecule has 0 bridgehead atoms. The minimum atomic E-state index is -2.14. The molecule has 0 spiro atoms. The number of fused-ring (bicyclic) bond motifs is 1. The monoisotopic (exact) mass is 636 g/mol. The highest BCUT2D eigenvalue weighted by atomic mass is 16.8. The SMILES string of the molecule is COc1ccc(-c2cc(=O)c3c(O)cc(O[C@H]4O[C@H](C(=O)O)[C@@H](O)[C@H](O)[C@H]4O[C@H]4O[C@H](C(=O)O)[C@@H](O)[C@H](O)[C@H]4O)cc3o2)cc1. The Morgan fingerprint density at radius 3 is 1.96 bits per heavy atom. The predicted octanol–water partition coefficient (Wildman–Crippen LogP) is -1.64. The topological polar surface area (TPSA) is 272 Å². The van der Waals surface area contributed by atoms with E-state index in [4.69, 9.17) is 28.1 Å². The summed E-state index contributed by atoms with van der Waals surface area (Å²) >= 11 is 0. The lowest BCUT2D eigenvalue weighted by Crippen LogP contribution is -2.66. The molecule has 2 fully saturated rings. The molecule has 10 atom stereocenters. The molecule has 2 aliphatic heterocycles. The molecule has 17 nitrogen and oxygen atoms in total. The number of aromatic hydroxyl groups is 1. The molecule has 242 valence electrons. The summed E-state index contributed by atoms with van der Waals surface area (Å²) in [4.78, 5) is 36.1. The fraction of sp³-hybridized carbons (Fsp3) is 0.393. The minimum Gasteiger partial charge on any atom is -0.507 e. The van der Waals surface area contributed by atoms with Gasteiger partial charge in [-0.2, -0.15) is 0 Å². The number of methoxy groups -OCH3 is 1. The zero-order valence-corrected chi connectivity index (χ0v) is 23.1. The molecule has 3 aromatic rings. The summed E-state index contributed by atoms with van der Waals surface area (Å²) in [5.41, 5.74) is -0.327. The van der Waals surface area contributed by atoms with Gasteiger partial charge in [0.25, 0.3) is 0 Å². The third-order valence-electron chi connectivity index (χ3n) is 7.30. The van der Waals surface area contributed by atoms with Crippen molar-refractivity contribution < 1.29 is 78.5 Å². The summed E-state index contributed by atoms with van der Waals surface area (Å²) in [5.74, 6) is -3.74. The third kappa shape index (κ3) is 6.15. The molecule has 45 heavy (non-hydrogen) atoms. The van der Waals surface area contributed by atoms with Crippen LogP contribution >= 0.6 is 0 Å². The molecule has 0 aliphatic carbocycles. The van der Waals surface area contributed by atoms with E-state index in [9.17, 15) is 55.2 Å². The van der Waals surface area contributed by atoms with Crippen LogP contribution in [0, 0.1) is 0 Å². The second-order valence-corrected chi connectivity index (χ2v) is 10.2. The average Bonchev–Trinajstić information content (AvgIpc) is 2.99. The van der Waals surface area contributed by atoms with Gasteiger partial charge in [0.1, 0.15) is 64.5 Å². The molecule has 8 N–H and O–H groups in total. The number of carbonyl (C=O) groups is 2. The molecule has 0 radical (unpaired) electrons. The number of phenolic OH excluding ortho intramolecular Hbond substituents is 1. The van der Waals surface area contributed by atoms with Gasteiger partial charge >= 0.3 is 11.9 Å². The van der Waals surface area contributed by atoms with E-state index in [1.807, 2.05) is 0 Å². The van der Waals surface area contributed by atoms with E-state index in [2.05, 4.69) is 0 Å². The predicted molar refractivity (Wildman–Crippen MR) is 144 cm³/mol. The van der Waals surface area contributed by atoms with E-state index in [-0.39, 0.29) is 22.5 Å². The number of hydrogen-bond acceptors (Lipinski definition) is 15. The van der Waals surface area contributed by atoms with Gasteiger partial charge in [-0.25, -0.2) is 9.59 Å². The van der Waals surface area contributed by atoms with E-state index >= 15 is 0 Å². The smallest absolute Gasteiger partial charge is 0.335 e. The number of rotatable bonds is 8. The van der Waals surface area contributed by atoms with Gasteiger partial charge < -0.3 is 69.0 Å². The summed E-state index contributed by atoms with van der Waals surface area (Å²) in [6.07, 6.45) is -20.7. The Hall–Kier alpha value is -4.33. The Kier molecular flexibility index (Phi) is 8.97. The molecule has 0 unspecified atom stereocenters. The quantitative estimate of drug-likeness (QED) is 0.138. The second-order valence-electron chi connectivity index (χ2n) is 10.2. The molecule has 0 saturated carbocycles. The van der Waals surface area contributed by atoms with Crippen molar-refractivity contribution in [3.8, 4) is 28.6 Å². The Labute approximate surface area is 251 Å². The number of aliphatic hydroxyl groups is 5. The molecular formula is C28H28O17. The van der Waals surface area contributed by atoms with Crippen LogP contribution in [-0.2, 0) is 23.8 Å². The Morgan fingerprint density at radius 2 is 1.36 bits per heavy atom. The summed E-state index contributed by atoms with van der Waals surface area (Å²) < 4.78 is 32.5. The molecule has 17 heteroatoms. The first-order chi connectivity index (χ1) is 21.3. The molecule has 2 aliphatic rings. The van der Waals surface area contributed by atoms with E-state index in [0.717, 1.165) is 18.2 Å². The first-order valence-electron chi connectivity index (χ1n) is 13.2. The van der Waals surface area contributed by atoms with Crippen LogP contribution in [0.2, 0.25) is 0 Å². The molecule has 3 heterocycles. The van der Waals surface area contributed by atoms with Crippen LogP contribution in [-0.4, -0.2) is 121 Å². The van der Waals surface area contributed by atoms with E-state index in [1.54, 1.807) is 24.3 Å². The van der Waals surface area contributed by atoms with Gasteiger partial charge in [-0.15, -0.1) is 0 Å². The summed E-state index contributed by atoms with van der Waals surface area (Å²) in [6.45, 7) is 0. The number of ether oxygens (including phenoxy) is 5. The Balaban J connectivity index is 1.49. The molecule has 5 rings (SSSR count). The van der Waals surface area contributed by atoms with Gasteiger partial charge in [0.05, 0.1) is 7.11 Å². The number of aliphatic hydroxyl groups excluding tert-OH is 5. The van der Waals surface area contributed by atoms with Gasteiger partial charge in [-0.1, -0.05) is 0 Å². The third-order valence-corrected chi connectivity index (χ3v) is 7.30. The first kappa shape index (κ1) is 32.1. The lowest BCUT2D eigenvalue weighted by atomic mass is 9.97. The number of aliphatic carboxylic acids is 2. The van der Waals surface area contributed by atoms with Crippen LogP contribution in [0.5, 0.6) is 17.2 Å². The van der Waals surface area contributed by atoms with Gasteiger partial charge in [0.2, 0.25) is 6.29 Å². The van der Waals surface area contributed by atoms with Crippen molar-refractivity contribution in [2.24, 2.45) is 0 Å². The van der Waals surface area contributed by atoms with Crippen molar-refractivity contribution in [2.75, 3.05) is 7.11 Å². The molecule has 2 saturated heterocycles. The van der Waals surface area contributed by atoms with Crippen LogP contribution in [0.3, 0.4) is 0 Å². The molecule has 1 aromatic heterocycles. The van der Waals surface area contributed by atoms with Gasteiger partial charge in [0, 0.05) is 23.8 Å². The standard InChI is InChI=1S/C28H28O17/c1-40-10-4-2-9(3-5-10)14-8-13(30)16-12(29)6-11(7-15(16)42-14)41-28-24(20(34)19(33)23(44-28)26(38)39)45-27-21(35)17(31)18(32)22(43-27)25(36)37/h2-8,17-24,27-29,31-35H,1H3,(H,36,37)(H,38,39)/t17-,18-,19-,20-,21+,22-,23-,24+,27+,28-/m0/s1. The maximum Gasteiger partial charge on any atom is 0.335 e. The van der Waals surface area contributed by atoms with Crippen molar-refractivity contribution in [2.45, 2.75) is 61.4 Å². The Bertz CT molecular complexity index is 1620. The lowest BCUT2D eigenvalue weighted by molar-refractivity contribution is -0.350. The number of phenols is 1. The average molecular weight is 637 g/mol. The number of carboxylic acid groups (broad SMARTS) is 2. The summed E-state index contributed by atoms with van der Waals surface area (Å²) in [5, 5.41) is 80.9. The van der Waals surface area contributed by atoms with E-state index in [0.29, 0.717) is 11.3 Å². The van der Waals surface area contributed by atoms with Crippen LogP contribution < -0.4 is 14.9 Å². The fourth-order valence-corrected chi connectivity index (χ4v) is 4.94. The normalized spacial score (nSPS) is 31.8. The summed E-state index contributed by atoms with van der Waals surface area (Å²) in [6, 6.07) is 9.73. The largest absolute Gasteiger partial charge is 0.507 e. The Morgan fingerprint density at radius 1 is 0.756 bits per heavy atom. The number of benzene rings is 2. The molecular weight excluding hydrogens is 608 g/mol. The zero-order valence-electron chi connectivity index (χ0n) is 23.1. The van der Waals surface area contributed by atoms with Crippen molar-refractivity contribution in [3.05, 3.63) is 52.7 Å². The van der Waals surface area contributed by atoms with Gasteiger partial charge in [-0.3, -0.25) is 4.79 Å². The maximum atomic E-state index is 12.9. The number of hydrogen-bond donors (Lipinski definition) is 8. The molecule has 0 amide bonds. The number of carboxylic acids is 2. The fourth-order valence-electron chi connectivity index (χ4n) is 4.94. The van der Waals surface area contributed by atoms with Crippen LogP contribution in [0.4, 0.5) is 0 Å². The highest BCUT2D eigenvalue weighted by Gasteiger charge is 2.54. The zero-order chi connectivity index (χ0) is 32.7. The van der Waals surface area contributed by atoms with Crippen molar-refractivity contribution in [3.63, 3.8) is 0 Å². The van der Waals surface area contributed by atoms with Gasteiger partial charge in [0.15, 0.2) is 30.0 Å². The van der Waals surface area contributed by atoms with Crippen LogP contribution in [0.25, 0.3) is 22.3 Å². The highest BCUT2D eigenvalue weighted by molar-refractivity contribution is 5.86. The highest BCUT2D eigenvalue weighted by Crippen LogP contribution is 2.35. The maximum absolute atomic E-state index is 12.9. The van der Waals surface area contributed by atoms with Crippen molar-refractivity contribution in [1.29, 1.82) is 0 Å². The van der Waals surface area contributed by atoms with Crippen molar-refractivity contribution >= 4 is 22.9 Å². The minimum absolute atomic E-state index is 0.100. The lowest BCUT2D eigenvalue weighted by Gasteiger charge is -2.44. The van der Waals surface area contributed by atoms with Crippen LogP contribution in [0.1, 0.15) is 0 Å². The van der Waals surface area contributed by atoms with Crippen molar-refractivity contribution in [1.82, 2.24) is 0 Å². The second kappa shape index (κ2) is 12.6. The van der Waals surface area contributed by atoms with E-state index < -0.39 is 84.5 Å². The summed E-state index contributed by atoms with van der Waals surface area (Å²) in [7, 11) is 1.48. The van der Waals surface area contributed by atoms with Crippen LogP contribution in [0.15, 0.2) is 51.7 Å². The van der Waals surface area contributed by atoms with Gasteiger partial charge in [-0.05, 0) is 24.3 Å². The van der Waals surface area contributed by atoms with E-state index in [1.165, 1.54) is 7.11 Å². The first-order valence-corrected chi connectivity index (χ1v) is 13.2.